The second kappa shape index (κ2) is 6.91. The molecule has 1 aliphatic rings. The minimum atomic E-state index is -0.386. The molecule has 0 saturated heterocycles. The lowest BCUT2D eigenvalue weighted by Gasteiger charge is -2.18. The Labute approximate surface area is 169 Å². The number of nitrogens with zero attached hydrogens (tertiary/aromatic N) is 2. The molecular formula is C23H16FN3O2. The molecule has 1 aliphatic heterocycles. The molecule has 2 aromatic heterocycles. The fraction of sp³-hybridized carbons (Fsp3) is 0.0435. The maximum Gasteiger partial charge on any atom is 0.262 e. The molecule has 0 spiro atoms. The van der Waals surface area contributed by atoms with Crippen LogP contribution in [0.2, 0.25) is 0 Å². The van der Waals surface area contributed by atoms with E-state index in [9.17, 15) is 9.18 Å². The van der Waals surface area contributed by atoms with E-state index in [2.05, 4.69) is 10.3 Å². The average molecular weight is 387 g/mol. The van der Waals surface area contributed by atoms with Crippen LogP contribution < -0.4 is 10.1 Å². The van der Waals surface area contributed by atoms with Gasteiger partial charge in [-0.2, -0.15) is 0 Å². The first-order valence-corrected chi connectivity index (χ1v) is 8.98. The van der Waals surface area contributed by atoms with Crippen LogP contribution in [0, 0.1) is 5.82 Å². The molecule has 142 valence electrons. The van der Waals surface area contributed by atoms with Crippen LogP contribution >= 0.6 is 0 Å². The standard InChI is InChI=1S/C23H16FN3O2/c24-17-6-3-15(4-7-17)19-12-27(18-2-1-9-25-11-18)13-20(19)16-5-8-22-21(10-16)26-23(28)14-29-22/h1-13H,14H2,(H,26,28)/i12D,13D. The first kappa shape index (κ1) is 15.0. The maximum atomic E-state index is 13.5. The second-order valence-electron chi connectivity index (χ2n) is 6.57. The molecule has 0 radical (unpaired) electrons. The summed E-state index contributed by atoms with van der Waals surface area (Å²) in [5.74, 6) is -0.108. The summed E-state index contributed by atoms with van der Waals surface area (Å²) in [6.45, 7) is -0.0505. The Morgan fingerprint density at radius 3 is 2.59 bits per heavy atom. The topological polar surface area (TPSA) is 56.1 Å². The number of benzene rings is 2. The van der Waals surface area contributed by atoms with Crippen LogP contribution in [-0.2, 0) is 4.79 Å². The molecule has 0 atom stereocenters. The normalized spacial score (nSPS) is 13.8. The number of carbonyl (C=O) groups excluding carboxylic acids is 1. The highest BCUT2D eigenvalue weighted by atomic mass is 19.1. The highest BCUT2D eigenvalue weighted by molar-refractivity contribution is 5.97. The van der Waals surface area contributed by atoms with Crippen molar-refractivity contribution >= 4 is 11.6 Å². The number of halogens is 1. The number of carbonyl (C=O) groups is 1. The lowest BCUT2D eigenvalue weighted by atomic mass is 9.98. The van der Waals surface area contributed by atoms with Crippen LogP contribution in [0.4, 0.5) is 10.1 Å². The Kier molecular flexibility index (Phi) is 3.58. The maximum absolute atomic E-state index is 13.5. The third-order valence-corrected chi connectivity index (χ3v) is 4.64. The number of hydrogen-bond acceptors (Lipinski definition) is 3. The van der Waals surface area contributed by atoms with Crippen molar-refractivity contribution < 1.29 is 16.7 Å². The van der Waals surface area contributed by atoms with Crippen molar-refractivity contribution in [2.45, 2.75) is 0 Å². The highest BCUT2D eigenvalue weighted by Crippen LogP contribution is 2.38. The van der Waals surface area contributed by atoms with Crippen molar-refractivity contribution in [1.82, 2.24) is 9.55 Å². The quantitative estimate of drug-likeness (QED) is 0.556. The summed E-state index contributed by atoms with van der Waals surface area (Å²) in [4.78, 5) is 15.9. The molecule has 5 nitrogen and oxygen atoms in total. The van der Waals surface area contributed by atoms with Gasteiger partial charge in [-0.25, -0.2) is 4.39 Å². The predicted octanol–water partition coefficient (Wildman–Crippen LogP) is 4.68. The van der Waals surface area contributed by atoms with Crippen LogP contribution in [0.15, 0.2) is 79.3 Å². The number of nitrogens with one attached hydrogen (secondary N) is 1. The number of pyridine rings is 1. The van der Waals surface area contributed by atoms with Gasteiger partial charge in [0.15, 0.2) is 6.61 Å². The molecule has 1 N–H and O–H groups in total. The molecule has 3 heterocycles. The van der Waals surface area contributed by atoms with E-state index < -0.39 is 0 Å². The van der Waals surface area contributed by atoms with Gasteiger partial charge in [0.2, 0.25) is 0 Å². The molecule has 0 bridgehead atoms. The van der Waals surface area contributed by atoms with Crippen molar-refractivity contribution in [3.63, 3.8) is 0 Å². The van der Waals surface area contributed by atoms with Gasteiger partial charge in [-0.15, -0.1) is 0 Å². The van der Waals surface area contributed by atoms with Gasteiger partial charge in [0.1, 0.15) is 11.6 Å². The number of anilines is 1. The molecule has 5 rings (SSSR count). The summed E-state index contributed by atoms with van der Waals surface area (Å²) in [6.07, 6.45) is 3.36. The van der Waals surface area contributed by atoms with E-state index in [1.54, 1.807) is 54.9 Å². The minimum Gasteiger partial charge on any atom is -0.482 e. The number of rotatable bonds is 3. The second-order valence-corrected chi connectivity index (χ2v) is 6.57. The van der Waals surface area contributed by atoms with E-state index in [1.807, 2.05) is 0 Å². The molecule has 0 fully saturated rings. The zero-order valence-corrected chi connectivity index (χ0v) is 15.1. The van der Waals surface area contributed by atoms with Gasteiger partial charge in [-0.1, -0.05) is 18.2 Å². The Hall–Kier alpha value is -3.93. The van der Waals surface area contributed by atoms with Gasteiger partial charge in [-0.05, 0) is 47.5 Å². The number of amides is 1. The van der Waals surface area contributed by atoms with Gasteiger partial charge in [0, 0.05) is 29.7 Å². The van der Waals surface area contributed by atoms with Crippen molar-refractivity contribution in [2.24, 2.45) is 0 Å². The Morgan fingerprint density at radius 1 is 1.07 bits per heavy atom. The summed E-state index contributed by atoms with van der Waals surface area (Å²) in [6, 6.07) is 14.5. The van der Waals surface area contributed by atoms with E-state index >= 15 is 0 Å². The smallest absolute Gasteiger partial charge is 0.262 e. The summed E-state index contributed by atoms with van der Waals surface area (Å²) < 4.78 is 38.2. The molecule has 1 amide bonds. The van der Waals surface area contributed by atoms with Crippen LogP contribution in [0.3, 0.4) is 0 Å². The van der Waals surface area contributed by atoms with E-state index in [1.165, 1.54) is 16.7 Å². The van der Waals surface area contributed by atoms with Crippen molar-refractivity contribution in [2.75, 3.05) is 11.9 Å². The third-order valence-electron chi connectivity index (χ3n) is 4.64. The van der Waals surface area contributed by atoms with E-state index in [-0.39, 0.29) is 30.7 Å². The Balaban J connectivity index is 1.77. The zero-order chi connectivity index (χ0) is 21.5. The van der Waals surface area contributed by atoms with Crippen LogP contribution in [0.5, 0.6) is 5.75 Å². The average Bonchev–Trinajstić information content (AvgIpc) is 3.04. The monoisotopic (exact) mass is 387 g/mol. The number of fused-ring (bicyclic) bond motifs is 1. The minimum absolute atomic E-state index is 0.0505. The first-order chi connectivity index (χ1) is 15.0. The third kappa shape index (κ3) is 3.25. The molecule has 0 unspecified atom stereocenters. The Bertz CT molecular complexity index is 1300. The fourth-order valence-corrected chi connectivity index (χ4v) is 3.25. The number of ether oxygens (including phenoxy) is 1. The van der Waals surface area contributed by atoms with E-state index in [0.717, 1.165) is 0 Å². The number of aromatic nitrogens is 2. The SMILES string of the molecule is [2H]c1c(-c2ccc(F)cc2)c(-c2ccc3c(c2)NC(=O)CO3)c([2H])n1-c1cccnc1. The fourth-order valence-electron chi connectivity index (χ4n) is 3.25. The lowest BCUT2D eigenvalue weighted by molar-refractivity contribution is -0.118. The van der Waals surface area contributed by atoms with Crippen molar-refractivity contribution in [3.8, 4) is 33.7 Å². The summed E-state index contributed by atoms with van der Waals surface area (Å²) in [7, 11) is 0. The van der Waals surface area contributed by atoms with E-state index in [4.69, 9.17) is 7.48 Å². The van der Waals surface area contributed by atoms with Gasteiger partial charge in [-0.3, -0.25) is 9.78 Å². The van der Waals surface area contributed by atoms with Gasteiger partial charge < -0.3 is 14.6 Å². The van der Waals surface area contributed by atoms with Crippen LogP contribution in [0.1, 0.15) is 2.74 Å². The van der Waals surface area contributed by atoms with Gasteiger partial charge >= 0.3 is 0 Å². The molecule has 0 saturated carbocycles. The molecule has 0 aliphatic carbocycles. The lowest BCUT2D eigenvalue weighted by Crippen LogP contribution is -2.25. The summed E-state index contributed by atoms with van der Waals surface area (Å²) in [5, 5.41) is 2.77. The largest absolute Gasteiger partial charge is 0.482 e. The van der Waals surface area contributed by atoms with Crippen molar-refractivity contribution in [1.29, 1.82) is 0 Å². The van der Waals surface area contributed by atoms with Crippen LogP contribution in [-0.4, -0.2) is 22.1 Å². The van der Waals surface area contributed by atoms with E-state index in [0.29, 0.717) is 39.4 Å². The molecule has 2 aromatic carbocycles. The highest BCUT2D eigenvalue weighted by Gasteiger charge is 2.18. The Morgan fingerprint density at radius 2 is 1.83 bits per heavy atom. The summed E-state index contributed by atoms with van der Waals surface area (Å²) >= 11 is 0. The predicted molar refractivity (Wildman–Crippen MR) is 109 cm³/mol. The van der Waals surface area contributed by atoms with Crippen molar-refractivity contribution in [3.05, 3.63) is 85.2 Å². The first-order valence-electron chi connectivity index (χ1n) is 9.98. The molecular weight excluding hydrogens is 369 g/mol. The van der Waals surface area contributed by atoms with Gasteiger partial charge in [0.05, 0.1) is 20.3 Å². The zero-order valence-electron chi connectivity index (χ0n) is 17.1. The molecule has 29 heavy (non-hydrogen) atoms. The van der Waals surface area contributed by atoms with Gasteiger partial charge in [0.25, 0.3) is 5.91 Å². The molecule has 4 aromatic rings. The number of hydrogen-bond donors (Lipinski definition) is 1. The van der Waals surface area contributed by atoms with Crippen LogP contribution in [0.25, 0.3) is 27.9 Å². The summed E-state index contributed by atoms with van der Waals surface area (Å²) in [5.41, 5.74) is 3.28. The molecule has 6 heteroatoms.